The van der Waals surface area contributed by atoms with Crippen molar-refractivity contribution >= 4 is 11.9 Å². The summed E-state index contributed by atoms with van der Waals surface area (Å²) < 4.78 is 10.8. The standard InChI is InChI=1S/C24H31NO5/c1-4-29-24(28)21(14-17(2)3)25-23(27)22(26)15-18-10-12-20(13-11-18)30-16-19-8-6-5-7-9-19/h5-13,17,21-22,26H,4,14-16H2,1-3H3,(H,25,27)/t21-,22-/m1/s1. The lowest BCUT2D eigenvalue weighted by atomic mass is 10.0. The molecule has 0 unspecified atom stereocenters. The van der Waals surface area contributed by atoms with E-state index in [9.17, 15) is 14.7 Å². The summed E-state index contributed by atoms with van der Waals surface area (Å²) in [7, 11) is 0. The first-order valence-electron chi connectivity index (χ1n) is 10.3. The van der Waals surface area contributed by atoms with Crippen LogP contribution in [0.1, 0.15) is 38.3 Å². The number of hydrogen-bond acceptors (Lipinski definition) is 5. The second kappa shape index (κ2) is 12.0. The van der Waals surface area contributed by atoms with Crippen LogP contribution in [0.25, 0.3) is 0 Å². The lowest BCUT2D eigenvalue weighted by Gasteiger charge is -2.21. The molecule has 0 saturated carbocycles. The molecule has 162 valence electrons. The summed E-state index contributed by atoms with van der Waals surface area (Å²) in [6.07, 6.45) is -0.669. The predicted octanol–water partition coefficient (Wildman–Crippen LogP) is 3.26. The topological polar surface area (TPSA) is 84.9 Å². The van der Waals surface area contributed by atoms with Gasteiger partial charge in [-0.25, -0.2) is 4.79 Å². The minimum Gasteiger partial charge on any atom is -0.489 e. The molecule has 0 saturated heterocycles. The maximum Gasteiger partial charge on any atom is 0.328 e. The Labute approximate surface area is 178 Å². The Bertz CT molecular complexity index is 789. The molecule has 0 aliphatic heterocycles. The van der Waals surface area contributed by atoms with Crippen LogP contribution in [0.5, 0.6) is 5.75 Å². The summed E-state index contributed by atoms with van der Waals surface area (Å²) in [6, 6.07) is 16.3. The van der Waals surface area contributed by atoms with Crippen molar-refractivity contribution in [3.05, 3.63) is 65.7 Å². The number of carbonyl (C=O) groups is 2. The van der Waals surface area contributed by atoms with E-state index in [0.717, 1.165) is 11.1 Å². The summed E-state index contributed by atoms with van der Waals surface area (Å²) in [4.78, 5) is 24.4. The first-order chi connectivity index (χ1) is 14.4. The van der Waals surface area contributed by atoms with E-state index in [-0.39, 0.29) is 18.9 Å². The highest BCUT2D eigenvalue weighted by atomic mass is 16.5. The molecular weight excluding hydrogens is 382 g/mol. The van der Waals surface area contributed by atoms with Gasteiger partial charge in [0.15, 0.2) is 0 Å². The Balaban J connectivity index is 1.88. The number of nitrogens with one attached hydrogen (secondary N) is 1. The monoisotopic (exact) mass is 413 g/mol. The zero-order valence-electron chi connectivity index (χ0n) is 17.8. The summed E-state index contributed by atoms with van der Waals surface area (Å²) in [5.41, 5.74) is 1.87. The van der Waals surface area contributed by atoms with Gasteiger partial charge < -0.3 is 19.9 Å². The average Bonchev–Trinajstić information content (AvgIpc) is 2.73. The van der Waals surface area contributed by atoms with E-state index < -0.39 is 24.0 Å². The van der Waals surface area contributed by atoms with Crippen LogP contribution >= 0.6 is 0 Å². The molecule has 0 fully saturated rings. The van der Waals surface area contributed by atoms with E-state index in [0.29, 0.717) is 18.8 Å². The largest absolute Gasteiger partial charge is 0.489 e. The van der Waals surface area contributed by atoms with Gasteiger partial charge in [-0.3, -0.25) is 4.79 Å². The molecule has 2 rings (SSSR count). The third-order valence-corrected chi connectivity index (χ3v) is 4.50. The number of amides is 1. The summed E-state index contributed by atoms with van der Waals surface area (Å²) in [5, 5.41) is 12.9. The minimum absolute atomic E-state index is 0.141. The molecule has 1 amide bonds. The summed E-state index contributed by atoms with van der Waals surface area (Å²) >= 11 is 0. The van der Waals surface area contributed by atoms with Crippen molar-refractivity contribution < 1.29 is 24.2 Å². The minimum atomic E-state index is -1.26. The van der Waals surface area contributed by atoms with E-state index in [1.54, 1.807) is 6.92 Å². The Hall–Kier alpha value is -2.86. The zero-order valence-corrected chi connectivity index (χ0v) is 17.8. The van der Waals surface area contributed by atoms with Gasteiger partial charge >= 0.3 is 5.97 Å². The van der Waals surface area contributed by atoms with E-state index >= 15 is 0 Å². The number of ether oxygens (including phenoxy) is 2. The average molecular weight is 414 g/mol. The molecule has 0 aliphatic rings. The molecule has 2 atom stereocenters. The van der Waals surface area contributed by atoms with Crippen molar-refractivity contribution in [3.8, 4) is 5.75 Å². The van der Waals surface area contributed by atoms with E-state index in [1.807, 2.05) is 68.4 Å². The van der Waals surface area contributed by atoms with E-state index in [1.165, 1.54) is 0 Å². The third kappa shape index (κ3) is 7.87. The molecule has 6 nitrogen and oxygen atoms in total. The van der Waals surface area contributed by atoms with Gasteiger partial charge in [-0.15, -0.1) is 0 Å². The van der Waals surface area contributed by atoms with Gasteiger partial charge in [0.05, 0.1) is 6.61 Å². The van der Waals surface area contributed by atoms with Gasteiger partial charge in [-0.05, 0) is 42.5 Å². The molecule has 6 heteroatoms. The maximum absolute atomic E-state index is 12.4. The summed E-state index contributed by atoms with van der Waals surface area (Å²) in [5.74, 6) is -0.161. The zero-order chi connectivity index (χ0) is 21.9. The van der Waals surface area contributed by atoms with Crippen molar-refractivity contribution in [2.75, 3.05) is 6.61 Å². The highest BCUT2D eigenvalue weighted by molar-refractivity contribution is 5.87. The highest BCUT2D eigenvalue weighted by Crippen LogP contribution is 2.16. The number of aliphatic hydroxyl groups excluding tert-OH is 1. The molecule has 30 heavy (non-hydrogen) atoms. The number of benzene rings is 2. The van der Waals surface area contributed by atoms with Crippen LogP contribution < -0.4 is 10.1 Å². The Morgan fingerprint density at radius 1 is 1.00 bits per heavy atom. The van der Waals surface area contributed by atoms with Crippen LogP contribution in [0.15, 0.2) is 54.6 Å². The molecule has 0 heterocycles. The van der Waals surface area contributed by atoms with Gasteiger partial charge in [0.25, 0.3) is 0 Å². The second-order valence-corrected chi connectivity index (χ2v) is 7.58. The fourth-order valence-corrected chi connectivity index (χ4v) is 2.97. The van der Waals surface area contributed by atoms with Crippen molar-refractivity contribution in [1.82, 2.24) is 5.32 Å². The molecular formula is C24H31NO5. The van der Waals surface area contributed by atoms with Crippen LogP contribution in [0.2, 0.25) is 0 Å². The number of esters is 1. The highest BCUT2D eigenvalue weighted by Gasteiger charge is 2.26. The molecule has 2 N–H and O–H groups in total. The first kappa shape index (κ1) is 23.4. The van der Waals surface area contributed by atoms with Crippen molar-refractivity contribution in [1.29, 1.82) is 0 Å². The van der Waals surface area contributed by atoms with Gasteiger partial charge in [0.2, 0.25) is 5.91 Å². The Morgan fingerprint density at radius 3 is 2.27 bits per heavy atom. The smallest absolute Gasteiger partial charge is 0.328 e. The lowest BCUT2D eigenvalue weighted by Crippen LogP contribution is -2.47. The number of hydrogen-bond donors (Lipinski definition) is 2. The van der Waals surface area contributed by atoms with Crippen molar-refractivity contribution in [2.45, 2.75) is 52.4 Å². The van der Waals surface area contributed by atoms with Gasteiger partial charge in [0, 0.05) is 6.42 Å². The third-order valence-electron chi connectivity index (χ3n) is 4.50. The molecule has 0 spiro atoms. The molecule has 0 radical (unpaired) electrons. The second-order valence-electron chi connectivity index (χ2n) is 7.58. The number of carbonyl (C=O) groups excluding carboxylic acids is 2. The normalized spacial score (nSPS) is 12.8. The maximum atomic E-state index is 12.4. The quantitative estimate of drug-likeness (QED) is 0.553. The number of rotatable bonds is 11. The molecule has 0 aromatic heterocycles. The fourth-order valence-electron chi connectivity index (χ4n) is 2.97. The lowest BCUT2D eigenvalue weighted by molar-refractivity contribution is -0.148. The molecule has 0 aliphatic carbocycles. The van der Waals surface area contributed by atoms with E-state index in [4.69, 9.17) is 9.47 Å². The van der Waals surface area contributed by atoms with Crippen LogP contribution in [0.3, 0.4) is 0 Å². The van der Waals surface area contributed by atoms with Crippen LogP contribution in [0.4, 0.5) is 0 Å². The predicted molar refractivity (Wildman–Crippen MR) is 115 cm³/mol. The molecule has 0 bridgehead atoms. The Kier molecular flexibility index (Phi) is 9.35. The number of aliphatic hydroxyl groups is 1. The van der Waals surface area contributed by atoms with E-state index in [2.05, 4.69) is 5.32 Å². The Morgan fingerprint density at radius 2 is 1.67 bits per heavy atom. The van der Waals surface area contributed by atoms with Crippen LogP contribution in [-0.4, -0.2) is 35.7 Å². The van der Waals surface area contributed by atoms with Crippen molar-refractivity contribution in [3.63, 3.8) is 0 Å². The first-order valence-corrected chi connectivity index (χ1v) is 10.3. The fraction of sp³-hybridized carbons (Fsp3) is 0.417. The van der Waals surface area contributed by atoms with Gasteiger partial charge in [-0.2, -0.15) is 0 Å². The molecule has 2 aromatic carbocycles. The van der Waals surface area contributed by atoms with Crippen molar-refractivity contribution in [2.24, 2.45) is 5.92 Å². The van der Waals surface area contributed by atoms with Gasteiger partial charge in [-0.1, -0.05) is 56.3 Å². The molecule has 2 aromatic rings. The summed E-state index contributed by atoms with van der Waals surface area (Å²) in [6.45, 7) is 6.33. The van der Waals surface area contributed by atoms with Crippen LogP contribution in [-0.2, 0) is 27.4 Å². The SMILES string of the molecule is CCOC(=O)[C@@H](CC(C)C)NC(=O)[C@H](O)Cc1ccc(OCc2ccccc2)cc1. The van der Waals surface area contributed by atoms with Crippen LogP contribution in [0, 0.1) is 5.92 Å². The van der Waals surface area contributed by atoms with Gasteiger partial charge in [0.1, 0.15) is 24.5 Å².